The first-order chi connectivity index (χ1) is 12.9. The van der Waals surface area contributed by atoms with Crippen LogP contribution in [0.25, 0.3) is 0 Å². The summed E-state index contributed by atoms with van der Waals surface area (Å²) in [5.41, 5.74) is 0. The second-order valence-electron chi connectivity index (χ2n) is 9.06. The van der Waals surface area contributed by atoms with Gasteiger partial charge in [0.2, 0.25) is 0 Å². The van der Waals surface area contributed by atoms with Gasteiger partial charge in [-0.3, -0.25) is 0 Å². The van der Waals surface area contributed by atoms with Crippen molar-refractivity contribution in [2.45, 2.75) is 89.6 Å². The van der Waals surface area contributed by atoms with E-state index in [1.807, 2.05) is 0 Å². The van der Waals surface area contributed by atoms with E-state index in [2.05, 4.69) is 0 Å². The lowest BCUT2D eigenvalue weighted by atomic mass is 9.68. The Labute approximate surface area is 159 Å². The smallest absolute Gasteiger partial charge is 0.157 e. The van der Waals surface area contributed by atoms with Gasteiger partial charge in [0, 0.05) is 0 Å². The maximum absolute atomic E-state index is 5.58. The van der Waals surface area contributed by atoms with Crippen LogP contribution < -0.4 is 0 Å². The molecular formula is C22H38O4. The Balaban J connectivity index is 1.09. The molecule has 0 amide bonds. The van der Waals surface area contributed by atoms with E-state index < -0.39 is 0 Å². The lowest BCUT2D eigenvalue weighted by molar-refractivity contribution is -0.0524. The quantitative estimate of drug-likeness (QED) is 0.642. The fraction of sp³-hybridized carbons (Fsp3) is 1.00. The van der Waals surface area contributed by atoms with Gasteiger partial charge in [0.1, 0.15) is 0 Å². The van der Waals surface area contributed by atoms with Crippen LogP contribution in [0.5, 0.6) is 0 Å². The lowest BCUT2D eigenvalue weighted by Gasteiger charge is -2.38. The molecule has 4 heteroatoms. The highest BCUT2D eigenvalue weighted by molar-refractivity contribution is 4.82. The second kappa shape index (κ2) is 9.86. The Morgan fingerprint density at radius 2 is 0.769 bits per heavy atom. The lowest BCUT2D eigenvalue weighted by Crippen LogP contribution is -2.26. The van der Waals surface area contributed by atoms with Crippen LogP contribution in [-0.2, 0) is 18.9 Å². The van der Waals surface area contributed by atoms with Crippen molar-refractivity contribution in [1.82, 2.24) is 0 Å². The van der Waals surface area contributed by atoms with E-state index in [9.17, 15) is 0 Å². The molecule has 2 aliphatic heterocycles. The molecule has 4 nitrogen and oxygen atoms in total. The molecule has 150 valence electrons. The Morgan fingerprint density at radius 3 is 1.12 bits per heavy atom. The van der Waals surface area contributed by atoms with Crippen LogP contribution in [0.3, 0.4) is 0 Å². The second-order valence-corrected chi connectivity index (χ2v) is 9.06. The van der Waals surface area contributed by atoms with Gasteiger partial charge in [-0.2, -0.15) is 0 Å². The van der Waals surface area contributed by atoms with Crippen LogP contribution in [-0.4, -0.2) is 39.0 Å². The standard InChI is InChI=1S/C22H38O4/c1-7-19(8-2-17(1)5-11-21-23-13-14-24-21)20-9-3-18(4-10-20)6-12-22-25-15-16-26-22/h17-22H,1-16H2. The normalized spacial score (nSPS) is 37.4. The fourth-order valence-electron chi connectivity index (χ4n) is 5.79. The molecule has 0 bridgehead atoms. The van der Waals surface area contributed by atoms with Gasteiger partial charge in [-0.15, -0.1) is 0 Å². The summed E-state index contributed by atoms with van der Waals surface area (Å²) in [7, 11) is 0. The summed E-state index contributed by atoms with van der Waals surface area (Å²) < 4.78 is 22.3. The Morgan fingerprint density at radius 1 is 0.423 bits per heavy atom. The highest BCUT2D eigenvalue weighted by atomic mass is 16.7. The molecule has 0 unspecified atom stereocenters. The largest absolute Gasteiger partial charge is 0.350 e. The molecule has 2 saturated carbocycles. The average Bonchev–Trinajstić information content (AvgIpc) is 3.40. The van der Waals surface area contributed by atoms with Gasteiger partial charge in [-0.25, -0.2) is 0 Å². The van der Waals surface area contributed by atoms with Crippen LogP contribution in [0, 0.1) is 23.7 Å². The monoisotopic (exact) mass is 366 g/mol. The van der Waals surface area contributed by atoms with Crippen molar-refractivity contribution < 1.29 is 18.9 Å². The van der Waals surface area contributed by atoms with E-state index >= 15 is 0 Å². The molecule has 0 aromatic rings. The SMILES string of the molecule is C1COC(CCC2CCC(C3CCC(CCC4OCCO4)CC3)CC2)O1. The van der Waals surface area contributed by atoms with Gasteiger partial charge >= 0.3 is 0 Å². The van der Waals surface area contributed by atoms with E-state index in [1.165, 1.54) is 64.2 Å². The minimum Gasteiger partial charge on any atom is -0.350 e. The predicted octanol–water partition coefficient (Wildman–Crippen LogP) is 4.91. The molecule has 0 N–H and O–H groups in total. The summed E-state index contributed by atoms with van der Waals surface area (Å²) >= 11 is 0. The molecule has 0 spiro atoms. The average molecular weight is 367 g/mol. The molecule has 0 radical (unpaired) electrons. The maximum Gasteiger partial charge on any atom is 0.157 e. The van der Waals surface area contributed by atoms with E-state index in [-0.39, 0.29) is 12.6 Å². The fourth-order valence-corrected chi connectivity index (χ4v) is 5.79. The summed E-state index contributed by atoms with van der Waals surface area (Å²) in [5, 5.41) is 0. The van der Waals surface area contributed by atoms with Crippen molar-refractivity contribution >= 4 is 0 Å². The first-order valence-corrected chi connectivity index (χ1v) is 11.3. The number of ether oxygens (including phenoxy) is 4. The summed E-state index contributed by atoms with van der Waals surface area (Å²) in [6, 6.07) is 0. The molecule has 0 aromatic heterocycles. The van der Waals surface area contributed by atoms with Crippen LogP contribution in [0.4, 0.5) is 0 Å². The van der Waals surface area contributed by atoms with Crippen molar-refractivity contribution in [2.75, 3.05) is 26.4 Å². The van der Waals surface area contributed by atoms with Gasteiger partial charge < -0.3 is 18.9 Å². The van der Waals surface area contributed by atoms with Crippen molar-refractivity contribution in [3.05, 3.63) is 0 Å². The van der Waals surface area contributed by atoms with E-state index in [1.54, 1.807) is 0 Å². The molecule has 2 heterocycles. The van der Waals surface area contributed by atoms with E-state index in [0.29, 0.717) is 0 Å². The highest BCUT2D eigenvalue weighted by Gasteiger charge is 2.31. The zero-order chi connectivity index (χ0) is 17.6. The molecule has 0 atom stereocenters. The van der Waals surface area contributed by atoms with Crippen LogP contribution >= 0.6 is 0 Å². The Bertz CT molecular complexity index is 349. The zero-order valence-electron chi connectivity index (χ0n) is 16.4. The first kappa shape index (κ1) is 19.2. The third-order valence-electron chi connectivity index (χ3n) is 7.45. The molecular weight excluding hydrogens is 328 g/mol. The van der Waals surface area contributed by atoms with Crippen molar-refractivity contribution in [3.63, 3.8) is 0 Å². The van der Waals surface area contributed by atoms with Gasteiger partial charge in [0.05, 0.1) is 26.4 Å². The van der Waals surface area contributed by atoms with Crippen molar-refractivity contribution in [2.24, 2.45) is 23.7 Å². The topological polar surface area (TPSA) is 36.9 Å². The summed E-state index contributed by atoms with van der Waals surface area (Å²) in [6.45, 7) is 3.17. The van der Waals surface area contributed by atoms with E-state index in [0.717, 1.165) is 62.9 Å². The molecule has 2 saturated heterocycles. The first-order valence-electron chi connectivity index (χ1n) is 11.3. The van der Waals surface area contributed by atoms with Crippen LogP contribution in [0.15, 0.2) is 0 Å². The van der Waals surface area contributed by atoms with Gasteiger partial charge in [0.15, 0.2) is 12.6 Å². The van der Waals surface area contributed by atoms with Gasteiger partial charge in [-0.05, 0) is 75.0 Å². The molecule has 4 aliphatic rings. The minimum absolute atomic E-state index is 0.100. The zero-order valence-corrected chi connectivity index (χ0v) is 16.4. The Kier molecular flexibility index (Phi) is 7.27. The van der Waals surface area contributed by atoms with E-state index in [4.69, 9.17) is 18.9 Å². The molecule has 4 rings (SSSR count). The van der Waals surface area contributed by atoms with Crippen LogP contribution in [0.1, 0.15) is 77.0 Å². The molecule has 0 aromatic carbocycles. The van der Waals surface area contributed by atoms with Gasteiger partial charge in [-0.1, -0.05) is 25.7 Å². The van der Waals surface area contributed by atoms with Crippen molar-refractivity contribution in [3.8, 4) is 0 Å². The number of hydrogen-bond acceptors (Lipinski definition) is 4. The van der Waals surface area contributed by atoms with Gasteiger partial charge in [0.25, 0.3) is 0 Å². The van der Waals surface area contributed by atoms with Crippen molar-refractivity contribution in [1.29, 1.82) is 0 Å². The minimum atomic E-state index is 0.100. The predicted molar refractivity (Wildman–Crippen MR) is 101 cm³/mol. The highest BCUT2D eigenvalue weighted by Crippen LogP contribution is 2.43. The summed E-state index contributed by atoms with van der Waals surface area (Å²) in [4.78, 5) is 0. The van der Waals surface area contributed by atoms with Crippen LogP contribution in [0.2, 0.25) is 0 Å². The molecule has 26 heavy (non-hydrogen) atoms. The number of hydrogen-bond donors (Lipinski definition) is 0. The third-order valence-corrected chi connectivity index (χ3v) is 7.45. The maximum atomic E-state index is 5.58. The summed E-state index contributed by atoms with van der Waals surface area (Å²) in [6.07, 6.45) is 16.6. The molecule has 4 fully saturated rings. The number of rotatable bonds is 7. The summed E-state index contributed by atoms with van der Waals surface area (Å²) in [5.74, 6) is 3.85. The Hall–Kier alpha value is -0.160. The molecule has 2 aliphatic carbocycles. The third kappa shape index (κ3) is 5.43.